The van der Waals surface area contributed by atoms with Crippen LogP contribution in [0.2, 0.25) is 0 Å². The van der Waals surface area contributed by atoms with Gasteiger partial charge >= 0.3 is 0 Å². The molecule has 4 aromatic heterocycles. The Bertz CT molecular complexity index is 1180. The van der Waals surface area contributed by atoms with Gasteiger partial charge in [-0.15, -0.1) is 0 Å². The van der Waals surface area contributed by atoms with Gasteiger partial charge in [-0.25, -0.2) is 19.3 Å². The molecule has 30 heavy (non-hydrogen) atoms. The Morgan fingerprint density at radius 3 is 2.73 bits per heavy atom. The Hall–Kier alpha value is -3.59. The molecule has 5 heterocycles. The molecule has 0 radical (unpaired) electrons. The molecular formula is C21H21FN8. The van der Waals surface area contributed by atoms with Crippen LogP contribution >= 0.6 is 0 Å². The van der Waals surface area contributed by atoms with E-state index in [1.54, 1.807) is 6.20 Å². The minimum absolute atomic E-state index is 0.203. The number of nitrogens with one attached hydrogen (secondary N) is 2. The molecule has 1 aliphatic heterocycles. The van der Waals surface area contributed by atoms with Crippen molar-refractivity contribution in [1.29, 1.82) is 0 Å². The summed E-state index contributed by atoms with van der Waals surface area (Å²) in [5, 5.41) is 6.41. The fraction of sp³-hybridized carbons (Fsp3) is 0.238. The third kappa shape index (κ3) is 3.43. The molecule has 0 atom stereocenters. The number of rotatable bonds is 4. The van der Waals surface area contributed by atoms with Crippen molar-refractivity contribution < 1.29 is 4.39 Å². The van der Waals surface area contributed by atoms with Crippen molar-refractivity contribution >= 4 is 28.5 Å². The molecule has 0 spiro atoms. The first-order valence-corrected chi connectivity index (χ1v) is 9.81. The van der Waals surface area contributed by atoms with Crippen LogP contribution in [0.4, 0.5) is 21.8 Å². The van der Waals surface area contributed by atoms with Crippen LogP contribution < -0.4 is 15.5 Å². The van der Waals surface area contributed by atoms with Crippen LogP contribution in [0.15, 0.2) is 49.1 Å². The number of aromatic nitrogens is 5. The number of nitrogens with zero attached hydrogens (tertiary/aromatic N) is 6. The van der Waals surface area contributed by atoms with Gasteiger partial charge in [0, 0.05) is 51.2 Å². The molecule has 0 bridgehead atoms. The maximum Gasteiger partial charge on any atom is 0.229 e. The Labute approximate surface area is 172 Å². The van der Waals surface area contributed by atoms with E-state index in [-0.39, 0.29) is 11.6 Å². The molecular weight excluding hydrogens is 383 g/mol. The van der Waals surface area contributed by atoms with E-state index in [1.807, 2.05) is 48.3 Å². The second kappa shape index (κ2) is 7.68. The van der Waals surface area contributed by atoms with Crippen LogP contribution in [0.5, 0.6) is 0 Å². The standard InChI is InChI=1S/C21H21FN8/c1-29-13-15(20-17(29)3-2-6-24-20)19-16(22)12-26-21(28-19)27-18-5-4-14(11-25-18)30-9-7-23-8-10-30/h2-6,11-13,23H,7-10H2,1H3,(H,25,26,27,28). The number of halogens is 1. The van der Waals surface area contributed by atoms with Gasteiger partial charge < -0.3 is 20.1 Å². The Morgan fingerprint density at radius 1 is 1.07 bits per heavy atom. The van der Waals surface area contributed by atoms with Crippen LogP contribution in [0.1, 0.15) is 0 Å². The van der Waals surface area contributed by atoms with Gasteiger partial charge in [0.25, 0.3) is 0 Å². The molecule has 0 amide bonds. The van der Waals surface area contributed by atoms with E-state index in [9.17, 15) is 4.39 Å². The highest BCUT2D eigenvalue weighted by Gasteiger charge is 2.17. The molecule has 0 aliphatic carbocycles. The van der Waals surface area contributed by atoms with Crippen LogP contribution in [0, 0.1) is 5.82 Å². The third-order valence-corrected chi connectivity index (χ3v) is 5.21. The van der Waals surface area contributed by atoms with E-state index >= 15 is 0 Å². The van der Waals surface area contributed by atoms with Crippen molar-refractivity contribution in [2.75, 3.05) is 36.4 Å². The van der Waals surface area contributed by atoms with E-state index in [1.165, 1.54) is 6.20 Å². The van der Waals surface area contributed by atoms with Gasteiger partial charge in [0.05, 0.1) is 29.1 Å². The van der Waals surface area contributed by atoms with Crippen molar-refractivity contribution in [3.8, 4) is 11.3 Å². The van der Waals surface area contributed by atoms with E-state index in [4.69, 9.17) is 0 Å². The van der Waals surface area contributed by atoms with Crippen LogP contribution in [-0.2, 0) is 7.05 Å². The smallest absolute Gasteiger partial charge is 0.229 e. The summed E-state index contributed by atoms with van der Waals surface area (Å²) < 4.78 is 16.5. The summed E-state index contributed by atoms with van der Waals surface area (Å²) >= 11 is 0. The minimum Gasteiger partial charge on any atom is -0.368 e. The van der Waals surface area contributed by atoms with Gasteiger partial charge in [0.15, 0.2) is 5.82 Å². The topological polar surface area (TPSA) is 83.8 Å². The lowest BCUT2D eigenvalue weighted by Crippen LogP contribution is -2.43. The highest BCUT2D eigenvalue weighted by Crippen LogP contribution is 2.29. The summed E-state index contributed by atoms with van der Waals surface area (Å²) in [7, 11) is 1.90. The van der Waals surface area contributed by atoms with E-state index in [2.05, 4.69) is 35.5 Å². The molecule has 8 nitrogen and oxygen atoms in total. The molecule has 0 unspecified atom stereocenters. The first-order chi connectivity index (χ1) is 14.7. The number of aryl methyl sites for hydroxylation is 1. The van der Waals surface area contributed by atoms with Gasteiger partial charge in [0.1, 0.15) is 11.5 Å². The van der Waals surface area contributed by atoms with Crippen molar-refractivity contribution in [3.05, 3.63) is 54.9 Å². The van der Waals surface area contributed by atoms with Crippen LogP contribution in [0.3, 0.4) is 0 Å². The summed E-state index contributed by atoms with van der Waals surface area (Å²) in [5.74, 6) is 0.380. The zero-order valence-corrected chi connectivity index (χ0v) is 16.5. The molecule has 2 N–H and O–H groups in total. The predicted octanol–water partition coefficient (Wildman–Crippen LogP) is 2.72. The Balaban J connectivity index is 1.42. The zero-order chi connectivity index (χ0) is 20.5. The predicted molar refractivity (Wildman–Crippen MR) is 114 cm³/mol. The average molecular weight is 404 g/mol. The maximum absolute atomic E-state index is 14.6. The number of anilines is 3. The largest absolute Gasteiger partial charge is 0.368 e. The summed E-state index contributed by atoms with van der Waals surface area (Å²) in [6, 6.07) is 7.68. The van der Waals surface area contributed by atoms with Gasteiger partial charge in [-0.05, 0) is 24.3 Å². The summed E-state index contributed by atoms with van der Waals surface area (Å²) in [5.41, 5.74) is 3.50. The summed E-state index contributed by atoms with van der Waals surface area (Å²) in [6.45, 7) is 3.85. The van der Waals surface area contributed by atoms with Gasteiger partial charge in [-0.3, -0.25) is 4.98 Å². The van der Waals surface area contributed by atoms with E-state index < -0.39 is 5.82 Å². The summed E-state index contributed by atoms with van der Waals surface area (Å²) in [4.78, 5) is 19.6. The summed E-state index contributed by atoms with van der Waals surface area (Å²) in [6.07, 6.45) is 6.51. The zero-order valence-electron chi connectivity index (χ0n) is 16.5. The third-order valence-electron chi connectivity index (χ3n) is 5.21. The Morgan fingerprint density at radius 2 is 1.93 bits per heavy atom. The van der Waals surface area contributed by atoms with Crippen molar-refractivity contribution in [2.45, 2.75) is 0 Å². The number of hydrogen-bond acceptors (Lipinski definition) is 7. The molecule has 0 saturated carbocycles. The van der Waals surface area contributed by atoms with Gasteiger partial charge in [-0.2, -0.15) is 0 Å². The lowest BCUT2D eigenvalue weighted by Gasteiger charge is -2.29. The molecule has 152 valence electrons. The van der Waals surface area contributed by atoms with Gasteiger partial charge in [-0.1, -0.05) is 0 Å². The van der Waals surface area contributed by atoms with Crippen molar-refractivity contribution in [3.63, 3.8) is 0 Å². The lowest BCUT2D eigenvalue weighted by atomic mass is 10.2. The van der Waals surface area contributed by atoms with E-state index in [0.717, 1.165) is 37.4 Å². The highest BCUT2D eigenvalue weighted by atomic mass is 19.1. The fourth-order valence-electron chi connectivity index (χ4n) is 3.69. The SMILES string of the molecule is Cn1cc(-c2nc(Nc3ccc(N4CCNCC4)cn3)ncc2F)c2ncccc21. The molecule has 1 aliphatic rings. The minimum atomic E-state index is -0.499. The first-order valence-electron chi connectivity index (χ1n) is 9.81. The number of hydrogen-bond donors (Lipinski definition) is 2. The molecule has 1 saturated heterocycles. The van der Waals surface area contributed by atoms with Gasteiger partial charge in [0.2, 0.25) is 5.95 Å². The number of fused-ring (bicyclic) bond motifs is 1. The van der Waals surface area contributed by atoms with Crippen LogP contribution in [0.25, 0.3) is 22.3 Å². The number of pyridine rings is 2. The van der Waals surface area contributed by atoms with Crippen LogP contribution in [-0.4, -0.2) is 50.7 Å². The highest BCUT2D eigenvalue weighted by molar-refractivity contribution is 5.92. The van der Waals surface area contributed by atoms with Crippen molar-refractivity contribution in [1.82, 2.24) is 29.8 Å². The normalized spacial score (nSPS) is 14.3. The molecule has 4 aromatic rings. The fourth-order valence-corrected chi connectivity index (χ4v) is 3.69. The lowest BCUT2D eigenvalue weighted by molar-refractivity contribution is 0.589. The second-order valence-corrected chi connectivity index (χ2v) is 7.18. The molecule has 0 aromatic carbocycles. The molecule has 5 rings (SSSR count). The molecule has 1 fully saturated rings. The molecule has 9 heteroatoms. The maximum atomic E-state index is 14.6. The number of piperazine rings is 1. The van der Waals surface area contributed by atoms with E-state index in [0.29, 0.717) is 16.9 Å². The Kier molecular flexibility index (Phi) is 4.72. The second-order valence-electron chi connectivity index (χ2n) is 7.18. The first kappa shape index (κ1) is 18.4. The monoisotopic (exact) mass is 404 g/mol. The average Bonchev–Trinajstić information content (AvgIpc) is 3.13. The van der Waals surface area contributed by atoms with Crippen molar-refractivity contribution in [2.24, 2.45) is 7.05 Å². The quantitative estimate of drug-likeness (QED) is 0.541.